The molecular weight excluding hydrogens is 295 g/mol. The molecule has 1 aromatic rings. The van der Waals surface area contributed by atoms with Crippen LogP contribution in [0.5, 0.6) is 0 Å². The zero-order valence-electron chi connectivity index (χ0n) is 14.4. The summed E-state index contributed by atoms with van der Waals surface area (Å²) in [7, 11) is 0. The minimum Gasteiger partial charge on any atom is -0.352 e. The van der Waals surface area contributed by atoms with Crippen molar-refractivity contribution in [3.63, 3.8) is 0 Å². The van der Waals surface area contributed by atoms with E-state index < -0.39 is 6.04 Å². The van der Waals surface area contributed by atoms with Crippen molar-refractivity contribution >= 4 is 11.8 Å². The van der Waals surface area contributed by atoms with E-state index in [1.807, 2.05) is 27.7 Å². The van der Waals surface area contributed by atoms with Crippen LogP contribution in [-0.2, 0) is 16.1 Å². The van der Waals surface area contributed by atoms with Crippen LogP contribution in [0.25, 0.3) is 0 Å². The van der Waals surface area contributed by atoms with Gasteiger partial charge in [-0.1, -0.05) is 26.0 Å². The van der Waals surface area contributed by atoms with Crippen LogP contribution in [-0.4, -0.2) is 28.8 Å². The van der Waals surface area contributed by atoms with Crippen molar-refractivity contribution < 1.29 is 14.0 Å². The van der Waals surface area contributed by atoms with Crippen molar-refractivity contribution in [3.8, 4) is 0 Å². The van der Waals surface area contributed by atoms with Crippen molar-refractivity contribution in [2.24, 2.45) is 0 Å². The molecule has 1 aromatic carbocycles. The number of rotatable bonds is 8. The van der Waals surface area contributed by atoms with Crippen molar-refractivity contribution in [1.82, 2.24) is 10.2 Å². The maximum Gasteiger partial charge on any atom is 0.243 e. The van der Waals surface area contributed by atoms with Crippen molar-refractivity contribution in [3.05, 3.63) is 35.6 Å². The third-order valence-electron chi connectivity index (χ3n) is 3.55. The van der Waals surface area contributed by atoms with Gasteiger partial charge in [0, 0.05) is 19.0 Å². The zero-order chi connectivity index (χ0) is 17.4. The Labute approximate surface area is 138 Å². The lowest BCUT2D eigenvalue weighted by atomic mass is 10.1. The Morgan fingerprint density at radius 1 is 1.17 bits per heavy atom. The molecule has 1 atom stereocenters. The molecule has 1 rings (SSSR count). The highest BCUT2D eigenvalue weighted by atomic mass is 19.1. The molecule has 0 aromatic heterocycles. The van der Waals surface area contributed by atoms with Gasteiger partial charge < -0.3 is 10.2 Å². The van der Waals surface area contributed by atoms with E-state index in [2.05, 4.69) is 5.32 Å². The molecule has 5 heteroatoms. The first kappa shape index (κ1) is 19.1. The van der Waals surface area contributed by atoms with E-state index in [0.29, 0.717) is 19.4 Å². The van der Waals surface area contributed by atoms with E-state index in [1.54, 1.807) is 17.0 Å². The Kier molecular flexibility index (Phi) is 7.72. The molecule has 0 bridgehead atoms. The van der Waals surface area contributed by atoms with E-state index in [-0.39, 0.29) is 23.7 Å². The summed E-state index contributed by atoms with van der Waals surface area (Å²) in [6.45, 7) is 7.92. The monoisotopic (exact) mass is 322 g/mol. The fourth-order valence-electron chi connectivity index (χ4n) is 2.44. The van der Waals surface area contributed by atoms with E-state index >= 15 is 0 Å². The molecule has 4 nitrogen and oxygen atoms in total. The molecule has 0 fully saturated rings. The van der Waals surface area contributed by atoms with Crippen LogP contribution in [0.2, 0.25) is 0 Å². The minimum atomic E-state index is -0.512. The number of hydrogen-bond donors (Lipinski definition) is 1. The molecule has 2 amide bonds. The number of carbonyl (C=O) groups is 2. The average Bonchev–Trinajstić information content (AvgIpc) is 2.48. The van der Waals surface area contributed by atoms with Crippen molar-refractivity contribution in [2.75, 3.05) is 0 Å². The lowest BCUT2D eigenvalue weighted by Crippen LogP contribution is -2.50. The molecule has 0 aliphatic heterocycles. The molecule has 0 spiro atoms. The summed E-state index contributed by atoms with van der Waals surface area (Å²) in [5.41, 5.74) is 0.812. The van der Waals surface area contributed by atoms with Crippen LogP contribution in [0.1, 0.15) is 52.5 Å². The van der Waals surface area contributed by atoms with Crippen LogP contribution in [0, 0.1) is 5.82 Å². The Morgan fingerprint density at radius 3 is 2.26 bits per heavy atom. The summed E-state index contributed by atoms with van der Waals surface area (Å²) in [6, 6.07) is 5.54. The highest BCUT2D eigenvalue weighted by Crippen LogP contribution is 2.15. The standard InChI is InChI=1S/C18H27FN2O2/c1-5-7-17(22)21(12-14-8-10-15(19)11-9-14)16(6-2)18(23)20-13(3)4/h8-11,13,16H,5-7,12H2,1-4H3,(H,20,23). The molecular formula is C18H27FN2O2. The van der Waals surface area contributed by atoms with Gasteiger partial charge in [0.1, 0.15) is 11.9 Å². The van der Waals surface area contributed by atoms with Gasteiger partial charge in [0.15, 0.2) is 0 Å². The molecule has 0 saturated heterocycles. The Morgan fingerprint density at radius 2 is 1.78 bits per heavy atom. The first-order valence-corrected chi connectivity index (χ1v) is 8.23. The smallest absolute Gasteiger partial charge is 0.243 e. The summed E-state index contributed by atoms with van der Waals surface area (Å²) in [5, 5.41) is 2.87. The predicted octanol–water partition coefficient (Wildman–Crippen LogP) is 3.26. The van der Waals surface area contributed by atoms with Crippen molar-refractivity contribution in [1.29, 1.82) is 0 Å². The molecule has 0 radical (unpaired) electrons. The van der Waals surface area contributed by atoms with Crippen LogP contribution < -0.4 is 5.32 Å². The highest BCUT2D eigenvalue weighted by molar-refractivity contribution is 5.87. The highest BCUT2D eigenvalue weighted by Gasteiger charge is 2.28. The number of benzene rings is 1. The van der Waals surface area contributed by atoms with Gasteiger partial charge in [-0.15, -0.1) is 0 Å². The quantitative estimate of drug-likeness (QED) is 0.798. The molecule has 1 unspecified atom stereocenters. The first-order chi connectivity index (χ1) is 10.9. The number of hydrogen-bond acceptors (Lipinski definition) is 2. The van der Waals surface area contributed by atoms with Gasteiger partial charge in [-0.3, -0.25) is 9.59 Å². The minimum absolute atomic E-state index is 0.0190. The lowest BCUT2D eigenvalue weighted by Gasteiger charge is -2.31. The maximum atomic E-state index is 13.1. The SMILES string of the molecule is CCCC(=O)N(Cc1ccc(F)cc1)C(CC)C(=O)NC(C)C. The van der Waals surface area contributed by atoms with Gasteiger partial charge in [-0.25, -0.2) is 4.39 Å². The van der Waals surface area contributed by atoms with E-state index in [0.717, 1.165) is 12.0 Å². The second-order valence-electron chi connectivity index (χ2n) is 5.99. The van der Waals surface area contributed by atoms with Crippen LogP contribution in [0.4, 0.5) is 4.39 Å². The van der Waals surface area contributed by atoms with Gasteiger partial charge in [0.2, 0.25) is 11.8 Å². The third-order valence-corrected chi connectivity index (χ3v) is 3.55. The number of nitrogens with one attached hydrogen (secondary N) is 1. The number of halogens is 1. The number of carbonyl (C=O) groups excluding carboxylic acids is 2. The molecule has 0 aliphatic rings. The first-order valence-electron chi connectivity index (χ1n) is 8.23. The summed E-state index contributed by atoms with van der Waals surface area (Å²) >= 11 is 0. The largest absolute Gasteiger partial charge is 0.352 e. The predicted molar refractivity (Wildman–Crippen MR) is 89.2 cm³/mol. The van der Waals surface area contributed by atoms with Gasteiger partial charge in [0.05, 0.1) is 0 Å². The molecule has 128 valence electrons. The average molecular weight is 322 g/mol. The summed E-state index contributed by atoms with van der Waals surface area (Å²) in [5.74, 6) is -0.513. The summed E-state index contributed by atoms with van der Waals surface area (Å²) in [6.07, 6.45) is 1.66. The summed E-state index contributed by atoms with van der Waals surface area (Å²) in [4.78, 5) is 26.5. The molecule has 23 heavy (non-hydrogen) atoms. The third kappa shape index (κ3) is 6.00. The molecule has 0 aliphatic carbocycles. The summed E-state index contributed by atoms with van der Waals surface area (Å²) < 4.78 is 13.1. The zero-order valence-corrected chi connectivity index (χ0v) is 14.4. The van der Waals surface area contributed by atoms with Crippen LogP contribution in [0.3, 0.4) is 0 Å². The lowest BCUT2D eigenvalue weighted by molar-refractivity contribution is -0.141. The van der Waals surface area contributed by atoms with E-state index in [1.165, 1.54) is 12.1 Å². The fourth-order valence-corrected chi connectivity index (χ4v) is 2.44. The Bertz CT molecular complexity index is 514. The molecule has 1 N–H and O–H groups in total. The van der Waals surface area contributed by atoms with Gasteiger partial charge >= 0.3 is 0 Å². The molecule has 0 saturated carbocycles. The number of nitrogens with zero attached hydrogens (tertiary/aromatic N) is 1. The second kappa shape index (κ2) is 9.28. The van der Waals surface area contributed by atoms with Crippen LogP contribution >= 0.6 is 0 Å². The van der Waals surface area contributed by atoms with E-state index in [4.69, 9.17) is 0 Å². The normalized spacial score (nSPS) is 12.1. The fraction of sp³-hybridized carbons (Fsp3) is 0.556. The van der Waals surface area contributed by atoms with Gasteiger partial charge in [0.25, 0.3) is 0 Å². The molecule has 0 heterocycles. The maximum absolute atomic E-state index is 13.1. The van der Waals surface area contributed by atoms with Crippen LogP contribution in [0.15, 0.2) is 24.3 Å². The van der Waals surface area contributed by atoms with E-state index in [9.17, 15) is 14.0 Å². The Balaban J connectivity index is 2.99. The topological polar surface area (TPSA) is 49.4 Å². The van der Waals surface area contributed by atoms with Gasteiger partial charge in [-0.2, -0.15) is 0 Å². The Hall–Kier alpha value is -1.91. The second-order valence-corrected chi connectivity index (χ2v) is 5.99. The van der Waals surface area contributed by atoms with Crippen molar-refractivity contribution in [2.45, 2.75) is 65.6 Å². The number of amides is 2. The van der Waals surface area contributed by atoms with Gasteiger partial charge in [-0.05, 0) is 44.4 Å².